The average molecular weight is 262 g/mol. The maximum Gasteiger partial charge on any atom is 0.329 e. The summed E-state index contributed by atoms with van der Waals surface area (Å²) in [6, 6.07) is -0.701. The van der Waals surface area contributed by atoms with Crippen LogP contribution in [0.2, 0.25) is 0 Å². The molecule has 2 atom stereocenters. The molecule has 0 aromatic carbocycles. The van der Waals surface area contributed by atoms with Crippen LogP contribution in [0.5, 0.6) is 0 Å². The quantitative estimate of drug-likeness (QED) is 0.514. The van der Waals surface area contributed by atoms with Gasteiger partial charge in [0, 0.05) is 34.2 Å². The molecule has 18 heavy (non-hydrogen) atoms. The van der Waals surface area contributed by atoms with Gasteiger partial charge in [-0.1, -0.05) is 0 Å². The molecule has 0 aliphatic heterocycles. The average Bonchev–Trinajstić information content (AvgIpc) is 2.34. The molecule has 0 fully saturated rings. The number of carbonyl (C=O) groups excluding carboxylic acids is 2. The Morgan fingerprint density at radius 3 is 2.28 bits per heavy atom. The van der Waals surface area contributed by atoms with Crippen molar-refractivity contribution in [1.82, 2.24) is 10.6 Å². The lowest BCUT2D eigenvalue weighted by Gasteiger charge is -2.19. The number of ether oxygens (including phenoxy) is 3. The number of hydrogen-bond acceptors (Lipinski definition) is 6. The monoisotopic (exact) mass is 262 g/mol. The molecule has 0 aromatic heterocycles. The number of esters is 1. The van der Waals surface area contributed by atoms with E-state index >= 15 is 0 Å². The van der Waals surface area contributed by atoms with Crippen molar-refractivity contribution in [1.29, 1.82) is 0 Å². The van der Waals surface area contributed by atoms with E-state index in [1.807, 2.05) is 0 Å². The molecule has 0 aromatic rings. The summed E-state index contributed by atoms with van der Waals surface area (Å²) in [6.07, 6.45) is -0.106. The third kappa shape index (κ3) is 7.21. The lowest BCUT2D eigenvalue weighted by molar-refractivity contribution is -0.144. The van der Waals surface area contributed by atoms with Crippen molar-refractivity contribution < 1.29 is 23.8 Å². The summed E-state index contributed by atoms with van der Waals surface area (Å²) < 4.78 is 14.7. The number of amides is 1. The van der Waals surface area contributed by atoms with Crippen molar-refractivity contribution in [2.45, 2.75) is 19.1 Å². The zero-order valence-electron chi connectivity index (χ0n) is 11.3. The molecule has 7 nitrogen and oxygen atoms in total. The fraction of sp³-hybridized carbons (Fsp3) is 0.818. The zero-order valence-corrected chi connectivity index (χ0v) is 11.3. The second kappa shape index (κ2) is 9.81. The number of nitrogens with one attached hydrogen (secondary N) is 2. The SMILES string of the molecule is COCC(CNCC(NC(C)=O)C(=O)OC)OC. The summed E-state index contributed by atoms with van der Waals surface area (Å²) in [4.78, 5) is 22.3. The van der Waals surface area contributed by atoms with E-state index in [0.717, 1.165) is 0 Å². The van der Waals surface area contributed by atoms with Gasteiger partial charge in [-0.05, 0) is 0 Å². The molecule has 7 heteroatoms. The van der Waals surface area contributed by atoms with Gasteiger partial charge in [0.05, 0.1) is 19.8 Å². The van der Waals surface area contributed by atoms with Crippen LogP contribution in [0.25, 0.3) is 0 Å². The first-order chi connectivity index (χ1) is 8.54. The van der Waals surface area contributed by atoms with Crippen LogP contribution in [0, 0.1) is 0 Å². The highest BCUT2D eigenvalue weighted by Crippen LogP contribution is 1.91. The van der Waals surface area contributed by atoms with Gasteiger partial charge in [0.1, 0.15) is 6.04 Å². The van der Waals surface area contributed by atoms with Crippen LogP contribution in [0.3, 0.4) is 0 Å². The minimum atomic E-state index is -0.701. The Morgan fingerprint density at radius 1 is 1.17 bits per heavy atom. The molecule has 0 spiro atoms. The van der Waals surface area contributed by atoms with Gasteiger partial charge in [-0.3, -0.25) is 4.79 Å². The van der Waals surface area contributed by atoms with Gasteiger partial charge in [0.25, 0.3) is 0 Å². The van der Waals surface area contributed by atoms with Crippen LogP contribution in [0.4, 0.5) is 0 Å². The van der Waals surface area contributed by atoms with Gasteiger partial charge in [0.15, 0.2) is 0 Å². The maximum absolute atomic E-state index is 11.4. The standard InChI is InChI=1S/C11H22N2O5/c1-8(14)13-10(11(15)18-4)6-12-5-9(17-3)7-16-2/h9-10,12H,5-7H2,1-4H3,(H,13,14). The smallest absolute Gasteiger partial charge is 0.329 e. The molecule has 2 unspecified atom stereocenters. The van der Waals surface area contributed by atoms with Crippen molar-refractivity contribution in [2.75, 3.05) is 41.0 Å². The second-order valence-corrected chi connectivity index (χ2v) is 3.75. The van der Waals surface area contributed by atoms with Gasteiger partial charge in [-0.25, -0.2) is 4.79 Å². The van der Waals surface area contributed by atoms with E-state index in [9.17, 15) is 9.59 Å². The highest BCUT2D eigenvalue weighted by atomic mass is 16.5. The first kappa shape index (κ1) is 16.8. The predicted octanol–water partition coefficient (Wildman–Crippen LogP) is -1.08. The molecule has 0 saturated carbocycles. The second-order valence-electron chi connectivity index (χ2n) is 3.75. The molecule has 0 radical (unpaired) electrons. The molecular weight excluding hydrogens is 240 g/mol. The Kier molecular flexibility index (Phi) is 9.17. The van der Waals surface area contributed by atoms with Crippen LogP contribution in [-0.4, -0.2) is 65.0 Å². The normalized spacial score (nSPS) is 13.8. The summed E-state index contributed by atoms with van der Waals surface area (Å²) in [5.41, 5.74) is 0. The maximum atomic E-state index is 11.4. The van der Waals surface area contributed by atoms with Gasteiger partial charge in [-0.2, -0.15) is 0 Å². The summed E-state index contributed by atoms with van der Waals surface area (Å²) in [7, 11) is 4.44. The lowest BCUT2D eigenvalue weighted by Crippen LogP contribution is -2.48. The largest absolute Gasteiger partial charge is 0.467 e. The van der Waals surface area contributed by atoms with Crippen molar-refractivity contribution in [3.8, 4) is 0 Å². The topological polar surface area (TPSA) is 85.9 Å². The minimum absolute atomic E-state index is 0.106. The molecule has 2 N–H and O–H groups in total. The van der Waals surface area contributed by atoms with Crippen LogP contribution in [0.15, 0.2) is 0 Å². The number of hydrogen-bond donors (Lipinski definition) is 2. The molecule has 0 saturated heterocycles. The Bertz CT molecular complexity index is 260. The molecule has 0 aliphatic rings. The van der Waals surface area contributed by atoms with E-state index in [1.165, 1.54) is 14.0 Å². The van der Waals surface area contributed by atoms with Crippen molar-refractivity contribution in [3.05, 3.63) is 0 Å². The van der Waals surface area contributed by atoms with E-state index in [2.05, 4.69) is 15.4 Å². The van der Waals surface area contributed by atoms with E-state index < -0.39 is 12.0 Å². The van der Waals surface area contributed by atoms with Crippen molar-refractivity contribution in [2.24, 2.45) is 0 Å². The molecular formula is C11H22N2O5. The van der Waals surface area contributed by atoms with Gasteiger partial charge in [-0.15, -0.1) is 0 Å². The number of methoxy groups -OCH3 is 3. The molecule has 0 aliphatic carbocycles. The molecule has 0 heterocycles. The van der Waals surface area contributed by atoms with E-state index in [0.29, 0.717) is 13.2 Å². The van der Waals surface area contributed by atoms with E-state index in [4.69, 9.17) is 9.47 Å². The minimum Gasteiger partial charge on any atom is -0.467 e. The van der Waals surface area contributed by atoms with E-state index in [1.54, 1.807) is 14.2 Å². The highest BCUT2D eigenvalue weighted by Gasteiger charge is 2.20. The fourth-order valence-electron chi connectivity index (χ4n) is 1.37. The summed E-state index contributed by atoms with van der Waals surface area (Å²) in [5.74, 6) is -0.772. The van der Waals surface area contributed by atoms with E-state index in [-0.39, 0.29) is 18.6 Å². The predicted molar refractivity (Wildman–Crippen MR) is 65.2 cm³/mol. The third-order valence-electron chi connectivity index (χ3n) is 2.27. The Morgan fingerprint density at radius 2 is 1.83 bits per heavy atom. The van der Waals surface area contributed by atoms with Gasteiger partial charge < -0.3 is 24.8 Å². The molecule has 106 valence electrons. The first-order valence-corrected chi connectivity index (χ1v) is 5.62. The summed E-state index contributed by atoms with van der Waals surface area (Å²) in [6.45, 7) is 2.58. The zero-order chi connectivity index (χ0) is 14.0. The molecule has 0 rings (SSSR count). The lowest BCUT2D eigenvalue weighted by atomic mass is 10.2. The Labute approximate surface area is 107 Å². The third-order valence-corrected chi connectivity index (χ3v) is 2.27. The summed E-state index contributed by atoms with van der Waals surface area (Å²) in [5, 5.41) is 5.53. The molecule has 1 amide bonds. The Balaban J connectivity index is 4.09. The fourth-order valence-corrected chi connectivity index (χ4v) is 1.37. The van der Waals surface area contributed by atoms with Crippen molar-refractivity contribution in [3.63, 3.8) is 0 Å². The van der Waals surface area contributed by atoms with Gasteiger partial charge in [0.2, 0.25) is 5.91 Å². The van der Waals surface area contributed by atoms with Crippen LogP contribution in [0.1, 0.15) is 6.92 Å². The van der Waals surface area contributed by atoms with Crippen LogP contribution < -0.4 is 10.6 Å². The highest BCUT2D eigenvalue weighted by molar-refractivity contribution is 5.83. The number of carbonyl (C=O) groups is 2. The van der Waals surface area contributed by atoms with Crippen LogP contribution in [-0.2, 0) is 23.8 Å². The number of rotatable bonds is 9. The first-order valence-electron chi connectivity index (χ1n) is 5.62. The van der Waals surface area contributed by atoms with Crippen molar-refractivity contribution >= 4 is 11.9 Å². The molecule has 0 bridgehead atoms. The Hall–Kier alpha value is -1.18. The van der Waals surface area contributed by atoms with Gasteiger partial charge >= 0.3 is 5.97 Å². The van der Waals surface area contributed by atoms with Crippen LogP contribution >= 0.6 is 0 Å². The summed E-state index contributed by atoms with van der Waals surface area (Å²) >= 11 is 0.